The maximum atomic E-state index is 9.56. The van der Waals surface area contributed by atoms with Crippen LogP contribution < -0.4 is 5.32 Å². The van der Waals surface area contributed by atoms with Gasteiger partial charge in [0.1, 0.15) is 11.5 Å². The number of benzene rings is 1. The maximum Gasteiger partial charge on any atom is 0.119 e. The quantitative estimate of drug-likeness (QED) is 0.782. The van der Waals surface area contributed by atoms with E-state index in [1.165, 1.54) is 25.3 Å². The van der Waals surface area contributed by atoms with Gasteiger partial charge in [-0.1, -0.05) is 0 Å². The van der Waals surface area contributed by atoms with E-state index < -0.39 is 0 Å². The number of nitrogens with one attached hydrogen (secondary N) is 1. The van der Waals surface area contributed by atoms with Crippen LogP contribution in [0.1, 0.15) is 37.8 Å². The van der Waals surface area contributed by atoms with Crippen molar-refractivity contribution in [3.63, 3.8) is 0 Å². The monoisotopic (exact) mass is 259 g/mol. The molecule has 3 saturated carbocycles. The highest BCUT2D eigenvalue weighted by atomic mass is 16.3. The number of aromatic hydroxyl groups is 2. The fourth-order valence-corrected chi connectivity index (χ4v) is 4.80. The number of hydrogen-bond acceptors (Lipinski definition) is 3. The smallest absolute Gasteiger partial charge is 0.119 e. The van der Waals surface area contributed by atoms with Crippen molar-refractivity contribution in [1.82, 2.24) is 5.32 Å². The predicted molar refractivity (Wildman–Crippen MR) is 72.9 cm³/mol. The summed E-state index contributed by atoms with van der Waals surface area (Å²) in [4.78, 5) is 0. The second-order valence-corrected chi connectivity index (χ2v) is 6.68. The third-order valence-electron chi connectivity index (χ3n) is 5.60. The average Bonchev–Trinajstić information content (AvgIpc) is 2.76. The second kappa shape index (κ2) is 3.89. The Morgan fingerprint density at radius 3 is 2.21 bits per heavy atom. The molecule has 0 heterocycles. The lowest BCUT2D eigenvalue weighted by molar-refractivity contribution is 0.425. The molecule has 0 spiro atoms. The molecule has 5 unspecified atom stereocenters. The number of phenols is 2. The van der Waals surface area contributed by atoms with Crippen molar-refractivity contribution < 1.29 is 10.2 Å². The highest BCUT2D eigenvalue weighted by Gasteiger charge is 2.64. The van der Waals surface area contributed by atoms with Crippen LogP contribution in [0.5, 0.6) is 11.5 Å². The molecule has 1 aromatic carbocycles. The van der Waals surface area contributed by atoms with E-state index in [1.54, 1.807) is 12.1 Å². The van der Waals surface area contributed by atoms with Crippen molar-refractivity contribution in [2.45, 2.75) is 38.3 Å². The molecule has 2 bridgehead atoms. The van der Waals surface area contributed by atoms with Crippen molar-refractivity contribution in [2.75, 3.05) is 0 Å². The second-order valence-electron chi connectivity index (χ2n) is 6.68. The van der Waals surface area contributed by atoms with Gasteiger partial charge in [0.05, 0.1) is 0 Å². The van der Waals surface area contributed by atoms with Gasteiger partial charge in [-0.25, -0.2) is 0 Å². The summed E-state index contributed by atoms with van der Waals surface area (Å²) in [5, 5.41) is 22.8. The minimum Gasteiger partial charge on any atom is -0.508 e. The van der Waals surface area contributed by atoms with Crippen LogP contribution >= 0.6 is 0 Å². The van der Waals surface area contributed by atoms with Gasteiger partial charge in [-0.2, -0.15) is 0 Å². The van der Waals surface area contributed by atoms with Crippen LogP contribution in [-0.4, -0.2) is 16.3 Å². The van der Waals surface area contributed by atoms with E-state index in [1.807, 2.05) is 0 Å². The average molecular weight is 259 g/mol. The summed E-state index contributed by atoms with van der Waals surface area (Å²) in [7, 11) is 0. The summed E-state index contributed by atoms with van der Waals surface area (Å²) in [5.41, 5.74) is 0.967. The molecule has 3 fully saturated rings. The molecule has 0 aliphatic heterocycles. The van der Waals surface area contributed by atoms with E-state index in [2.05, 4.69) is 12.2 Å². The first-order chi connectivity index (χ1) is 9.13. The summed E-state index contributed by atoms with van der Waals surface area (Å²) < 4.78 is 0. The van der Waals surface area contributed by atoms with E-state index in [0.29, 0.717) is 6.04 Å². The Morgan fingerprint density at radius 2 is 1.63 bits per heavy atom. The summed E-state index contributed by atoms with van der Waals surface area (Å²) in [6, 6.07) is 5.72. The lowest BCUT2D eigenvalue weighted by atomic mass is 10.0. The van der Waals surface area contributed by atoms with Gasteiger partial charge < -0.3 is 15.5 Å². The Morgan fingerprint density at radius 1 is 1.05 bits per heavy atom. The van der Waals surface area contributed by atoms with Gasteiger partial charge in [-0.15, -0.1) is 0 Å². The lowest BCUT2D eigenvalue weighted by Crippen LogP contribution is -2.26. The Balaban J connectivity index is 1.46. The van der Waals surface area contributed by atoms with Crippen LogP contribution in [0.15, 0.2) is 18.2 Å². The molecule has 3 aliphatic carbocycles. The molecule has 0 saturated heterocycles. The molecule has 3 heteroatoms. The van der Waals surface area contributed by atoms with Crippen LogP contribution in [0.25, 0.3) is 0 Å². The fourth-order valence-electron chi connectivity index (χ4n) is 4.80. The number of hydrogen-bond donors (Lipinski definition) is 3. The highest BCUT2D eigenvalue weighted by Crippen LogP contribution is 2.65. The van der Waals surface area contributed by atoms with Crippen LogP contribution in [-0.2, 0) is 0 Å². The Labute approximate surface area is 113 Å². The SMILES string of the molecule is CC(NC1C2C3CCC(C3)C12)c1cc(O)cc(O)c1. The fraction of sp³-hybridized carbons (Fsp3) is 0.625. The molecule has 4 rings (SSSR count). The van der Waals surface area contributed by atoms with E-state index in [9.17, 15) is 10.2 Å². The molecule has 3 nitrogen and oxygen atoms in total. The van der Waals surface area contributed by atoms with Gasteiger partial charge in [0.15, 0.2) is 0 Å². The first-order valence-corrected chi connectivity index (χ1v) is 7.42. The normalized spacial score (nSPS) is 40.2. The first kappa shape index (κ1) is 11.6. The predicted octanol–water partition coefficient (Wildman–Crippen LogP) is 2.79. The molecule has 0 radical (unpaired) electrons. The van der Waals surface area contributed by atoms with Gasteiger partial charge >= 0.3 is 0 Å². The maximum absolute atomic E-state index is 9.56. The Kier molecular flexibility index (Phi) is 2.37. The van der Waals surface area contributed by atoms with E-state index >= 15 is 0 Å². The van der Waals surface area contributed by atoms with Gasteiger partial charge in [0.2, 0.25) is 0 Å². The van der Waals surface area contributed by atoms with Crippen molar-refractivity contribution in [3.8, 4) is 11.5 Å². The van der Waals surface area contributed by atoms with Gasteiger partial charge in [-0.05, 0) is 67.6 Å². The van der Waals surface area contributed by atoms with Gasteiger partial charge in [0, 0.05) is 18.2 Å². The van der Waals surface area contributed by atoms with Crippen LogP contribution in [0.2, 0.25) is 0 Å². The minimum absolute atomic E-state index is 0.139. The van der Waals surface area contributed by atoms with Gasteiger partial charge in [0.25, 0.3) is 0 Å². The number of fused-ring (bicyclic) bond motifs is 5. The third kappa shape index (κ3) is 1.75. The molecular formula is C16H21NO2. The molecular weight excluding hydrogens is 238 g/mol. The van der Waals surface area contributed by atoms with Crippen LogP contribution in [0, 0.1) is 23.7 Å². The topological polar surface area (TPSA) is 52.5 Å². The van der Waals surface area contributed by atoms with Crippen molar-refractivity contribution in [1.29, 1.82) is 0 Å². The van der Waals surface area contributed by atoms with Crippen molar-refractivity contribution >= 4 is 0 Å². The molecule has 102 valence electrons. The van der Waals surface area contributed by atoms with Crippen molar-refractivity contribution in [2.24, 2.45) is 23.7 Å². The summed E-state index contributed by atoms with van der Waals surface area (Å²) in [6.07, 6.45) is 4.34. The molecule has 3 N–H and O–H groups in total. The largest absolute Gasteiger partial charge is 0.508 e. The Hall–Kier alpha value is -1.22. The minimum atomic E-state index is 0.139. The summed E-state index contributed by atoms with van der Waals surface area (Å²) in [5.74, 6) is 4.04. The Bertz CT molecular complexity index is 479. The third-order valence-corrected chi connectivity index (χ3v) is 5.60. The molecule has 1 aromatic rings. The number of phenolic OH excluding ortho intramolecular Hbond substituents is 2. The summed E-state index contributed by atoms with van der Waals surface area (Å²) >= 11 is 0. The van der Waals surface area contributed by atoms with Gasteiger partial charge in [-0.3, -0.25) is 0 Å². The zero-order valence-electron chi connectivity index (χ0n) is 11.2. The first-order valence-electron chi connectivity index (χ1n) is 7.42. The highest BCUT2D eigenvalue weighted by molar-refractivity contribution is 5.38. The van der Waals surface area contributed by atoms with Crippen LogP contribution in [0.3, 0.4) is 0 Å². The van der Waals surface area contributed by atoms with Crippen LogP contribution in [0.4, 0.5) is 0 Å². The van der Waals surface area contributed by atoms with Crippen molar-refractivity contribution in [3.05, 3.63) is 23.8 Å². The molecule has 3 aliphatic rings. The van der Waals surface area contributed by atoms with E-state index in [0.717, 1.165) is 29.2 Å². The molecule has 19 heavy (non-hydrogen) atoms. The zero-order chi connectivity index (χ0) is 13.1. The zero-order valence-corrected chi connectivity index (χ0v) is 11.2. The molecule has 0 amide bonds. The molecule has 5 atom stereocenters. The van der Waals surface area contributed by atoms with E-state index in [-0.39, 0.29) is 17.5 Å². The summed E-state index contributed by atoms with van der Waals surface area (Å²) in [6.45, 7) is 2.12. The molecule has 0 aromatic heterocycles. The lowest BCUT2D eigenvalue weighted by Gasteiger charge is -2.18. The standard InChI is InChI=1S/C16H21NO2/c1-8(11-5-12(18)7-13(19)6-11)17-16-14-9-2-3-10(4-9)15(14)16/h5-10,14-19H,2-4H2,1H3. The number of rotatable bonds is 3. The van der Waals surface area contributed by atoms with E-state index in [4.69, 9.17) is 0 Å².